The molecule has 1 aliphatic heterocycles. The molecular formula is C35H50N3O2+. The minimum atomic E-state index is -0.118. The Hall–Kier alpha value is -1.98. The standard InChI is InChI=1S/C35H50N3O2/c1-23(38-22-37(21-36-38)20-25-8-6-5-7-9-25)10-13-31-24(2)33-32(40-31)19-30-28-12-11-26-18-27(39)14-16-34(26,3)29(28)15-17-35(30,33)4/h5-9,11,21-24,27-33,39H,10,12-20H2,1-4H3/q+1/t23-,24?,27?,28-,29+,30+,31-,32?,33?,34+,35+/m1/s1. The van der Waals surface area contributed by atoms with Gasteiger partial charge < -0.3 is 9.84 Å². The molecule has 5 aliphatic rings. The summed E-state index contributed by atoms with van der Waals surface area (Å²) < 4.78 is 11.3. The van der Waals surface area contributed by atoms with Gasteiger partial charge in [0.15, 0.2) is 0 Å². The Kier molecular flexibility index (Phi) is 6.78. The van der Waals surface area contributed by atoms with Crippen LogP contribution in [0.1, 0.15) is 97.1 Å². The van der Waals surface area contributed by atoms with Gasteiger partial charge in [0, 0.05) is 5.10 Å². The van der Waals surface area contributed by atoms with E-state index in [1.54, 1.807) is 5.57 Å². The maximum Gasteiger partial charge on any atom is 0.265 e. The summed E-state index contributed by atoms with van der Waals surface area (Å²) in [7, 11) is 0. The number of allylic oxidation sites excluding steroid dienone is 1. The van der Waals surface area contributed by atoms with Gasteiger partial charge in [-0.15, -0.1) is 4.68 Å². The van der Waals surface area contributed by atoms with Crippen LogP contribution in [0.3, 0.4) is 0 Å². The summed E-state index contributed by atoms with van der Waals surface area (Å²) in [5.74, 6) is 3.70. The van der Waals surface area contributed by atoms with Crippen LogP contribution in [0.15, 0.2) is 54.6 Å². The lowest BCUT2D eigenvalue weighted by atomic mass is 9.47. The molecule has 0 bridgehead atoms. The predicted octanol–water partition coefficient (Wildman–Crippen LogP) is 6.51. The van der Waals surface area contributed by atoms with Gasteiger partial charge >= 0.3 is 0 Å². The summed E-state index contributed by atoms with van der Waals surface area (Å²) in [6, 6.07) is 11.0. The van der Waals surface area contributed by atoms with Crippen LogP contribution in [0.25, 0.3) is 0 Å². The van der Waals surface area contributed by atoms with Crippen LogP contribution in [-0.4, -0.2) is 33.2 Å². The number of hydrogen-bond donors (Lipinski definition) is 1. The van der Waals surface area contributed by atoms with Crippen molar-refractivity contribution in [3.63, 3.8) is 0 Å². The number of aromatic nitrogens is 3. The molecule has 1 aromatic carbocycles. The van der Waals surface area contributed by atoms with Gasteiger partial charge in [-0.05, 0) is 111 Å². The molecular weight excluding hydrogens is 494 g/mol. The SMILES string of the molecule is CC1C2C(C[C@H]3[C@@H]4CC=C5CC(O)CC[C@]5(C)[C@H]4CC[C@]23C)O[C@@H]1CC[C@@H](C)n1c[n+](Cc2ccccc2)cn1. The molecule has 4 aliphatic carbocycles. The Morgan fingerprint density at radius 3 is 2.80 bits per heavy atom. The fourth-order valence-electron chi connectivity index (χ4n) is 10.6. The Balaban J connectivity index is 0.991. The lowest BCUT2D eigenvalue weighted by Crippen LogP contribution is -2.51. The van der Waals surface area contributed by atoms with Crippen molar-refractivity contribution in [2.24, 2.45) is 40.4 Å². The van der Waals surface area contributed by atoms with E-state index in [1.165, 1.54) is 37.7 Å². The topological polar surface area (TPSA) is 51.2 Å². The molecule has 7 rings (SSSR count). The summed E-state index contributed by atoms with van der Waals surface area (Å²) in [5, 5.41) is 15.0. The first kappa shape index (κ1) is 26.9. The van der Waals surface area contributed by atoms with Gasteiger partial charge in [0.2, 0.25) is 6.33 Å². The van der Waals surface area contributed by atoms with E-state index in [2.05, 4.69) is 79.7 Å². The lowest BCUT2D eigenvalue weighted by molar-refractivity contribution is -0.689. The molecule has 40 heavy (non-hydrogen) atoms. The normalized spacial score (nSPS) is 42.9. The van der Waals surface area contributed by atoms with Crippen LogP contribution in [0.4, 0.5) is 0 Å². The third-order valence-electron chi connectivity index (χ3n) is 12.8. The minimum Gasteiger partial charge on any atom is -0.393 e. The molecule has 1 aromatic heterocycles. The summed E-state index contributed by atoms with van der Waals surface area (Å²) in [6.45, 7) is 10.8. The fourth-order valence-corrected chi connectivity index (χ4v) is 10.6. The maximum atomic E-state index is 10.3. The van der Waals surface area contributed by atoms with Gasteiger partial charge in [0.1, 0.15) is 6.04 Å². The van der Waals surface area contributed by atoms with E-state index >= 15 is 0 Å². The second kappa shape index (κ2) is 10.1. The first-order chi connectivity index (χ1) is 19.3. The molecule has 1 saturated heterocycles. The molecule has 5 heteroatoms. The first-order valence-corrected chi connectivity index (χ1v) is 16.3. The van der Waals surface area contributed by atoms with Crippen molar-refractivity contribution in [3.8, 4) is 0 Å². The van der Waals surface area contributed by atoms with E-state index in [-0.39, 0.29) is 6.10 Å². The minimum absolute atomic E-state index is 0.118. The highest BCUT2D eigenvalue weighted by atomic mass is 16.5. The number of benzene rings is 1. The highest BCUT2D eigenvalue weighted by Gasteiger charge is 2.64. The van der Waals surface area contributed by atoms with Gasteiger partial charge in [-0.1, -0.05) is 62.8 Å². The lowest BCUT2D eigenvalue weighted by Gasteiger charge is -2.58. The monoisotopic (exact) mass is 544 g/mol. The summed E-state index contributed by atoms with van der Waals surface area (Å²) in [5.41, 5.74) is 3.61. The molecule has 11 atom stereocenters. The molecule has 2 aromatic rings. The summed E-state index contributed by atoms with van der Waals surface area (Å²) >= 11 is 0. The molecule has 0 spiro atoms. The number of hydrogen-bond acceptors (Lipinski definition) is 3. The van der Waals surface area contributed by atoms with E-state index in [0.717, 1.165) is 50.0 Å². The van der Waals surface area contributed by atoms with Crippen LogP contribution in [-0.2, 0) is 11.3 Å². The van der Waals surface area contributed by atoms with Crippen molar-refractivity contribution in [1.29, 1.82) is 0 Å². The third-order valence-corrected chi connectivity index (χ3v) is 12.8. The molecule has 2 heterocycles. The first-order valence-electron chi connectivity index (χ1n) is 16.3. The van der Waals surface area contributed by atoms with E-state index in [4.69, 9.17) is 9.84 Å². The quantitative estimate of drug-likeness (QED) is 0.333. The molecule has 0 amide bonds. The van der Waals surface area contributed by atoms with Gasteiger partial charge in [0.05, 0.1) is 24.9 Å². The van der Waals surface area contributed by atoms with Gasteiger partial charge in [-0.2, -0.15) is 0 Å². The molecule has 5 nitrogen and oxygen atoms in total. The van der Waals surface area contributed by atoms with Crippen molar-refractivity contribution < 1.29 is 14.4 Å². The van der Waals surface area contributed by atoms with Gasteiger partial charge in [-0.25, -0.2) is 4.57 Å². The number of rotatable bonds is 6. The largest absolute Gasteiger partial charge is 0.393 e. The zero-order valence-electron chi connectivity index (χ0n) is 25.1. The number of aliphatic hydroxyl groups excluding tert-OH is 1. The van der Waals surface area contributed by atoms with Gasteiger partial charge in [-0.3, -0.25) is 0 Å². The van der Waals surface area contributed by atoms with E-state index in [1.807, 2.05) is 6.33 Å². The third kappa shape index (κ3) is 4.33. The Bertz CT molecular complexity index is 1240. The predicted molar refractivity (Wildman–Crippen MR) is 156 cm³/mol. The second-order valence-corrected chi connectivity index (χ2v) is 14.8. The second-order valence-electron chi connectivity index (χ2n) is 14.8. The van der Waals surface area contributed by atoms with Crippen LogP contribution in [0.2, 0.25) is 0 Å². The number of fused-ring (bicyclic) bond motifs is 7. The highest BCUT2D eigenvalue weighted by molar-refractivity contribution is 5.26. The summed E-state index contributed by atoms with van der Waals surface area (Å²) in [4.78, 5) is 0. The molecule has 4 unspecified atom stereocenters. The molecule has 216 valence electrons. The maximum absolute atomic E-state index is 10.3. The number of nitrogens with zero attached hydrogens (tertiary/aromatic N) is 3. The smallest absolute Gasteiger partial charge is 0.265 e. The Morgan fingerprint density at radius 2 is 1.98 bits per heavy atom. The Labute approximate surface area is 241 Å². The van der Waals surface area contributed by atoms with Crippen molar-refractivity contribution in [1.82, 2.24) is 9.78 Å². The molecule has 3 saturated carbocycles. The van der Waals surface area contributed by atoms with Gasteiger partial charge in [0.25, 0.3) is 6.33 Å². The summed E-state index contributed by atoms with van der Waals surface area (Å²) in [6.07, 6.45) is 17.9. The zero-order valence-corrected chi connectivity index (χ0v) is 25.1. The number of aliphatic hydroxyl groups is 1. The van der Waals surface area contributed by atoms with Crippen LogP contribution < -0.4 is 4.57 Å². The highest BCUT2D eigenvalue weighted by Crippen LogP contribution is 2.69. The average molecular weight is 545 g/mol. The average Bonchev–Trinajstić information content (AvgIpc) is 3.62. The van der Waals surface area contributed by atoms with Crippen LogP contribution in [0.5, 0.6) is 0 Å². The van der Waals surface area contributed by atoms with Crippen LogP contribution >= 0.6 is 0 Å². The number of ether oxygens (including phenoxy) is 1. The molecule has 4 fully saturated rings. The van der Waals surface area contributed by atoms with E-state index in [0.29, 0.717) is 40.9 Å². The van der Waals surface area contributed by atoms with Crippen LogP contribution in [0, 0.1) is 40.4 Å². The zero-order chi connectivity index (χ0) is 27.6. The van der Waals surface area contributed by atoms with Crippen molar-refractivity contribution >= 4 is 0 Å². The Morgan fingerprint density at radius 1 is 1.15 bits per heavy atom. The van der Waals surface area contributed by atoms with E-state index < -0.39 is 0 Å². The van der Waals surface area contributed by atoms with E-state index in [9.17, 15) is 5.11 Å². The molecule has 0 radical (unpaired) electrons. The van der Waals surface area contributed by atoms with Crippen molar-refractivity contribution in [3.05, 3.63) is 60.2 Å². The van der Waals surface area contributed by atoms with Crippen molar-refractivity contribution in [2.45, 2.75) is 116 Å². The molecule has 1 N–H and O–H groups in total. The van der Waals surface area contributed by atoms with Crippen molar-refractivity contribution in [2.75, 3.05) is 0 Å². The fraction of sp³-hybridized carbons (Fsp3) is 0.714.